The van der Waals surface area contributed by atoms with Gasteiger partial charge >= 0.3 is 11.9 Å². The van der Waals surface area contributed by atoms with E-state index in [1.165, 1.54) is 6.92 Å². The fourth-order valence-corrected chi connectivity index (χ4v) is 1.73. The second-order valence-corrected chi connectivity index (χ2v) is 4.12. The Morgan fingerprint density at radius 3 is 2.21 bits per heavy atom. The minimum atomic E-state index is -1.83. The Balaban J connectivity index is 2.79. The zero-order chi connectivity index (χ0) is 14.6. The maximum Gasteiger partial charge on any atom is 0.303 e. The van der Waals surface area contributed by atoms with Crippen LogP contribution in [-0.4, -0.2) is 49.1 Å². The summed E-state index contributed by atoms with van der Waals surface area (Å²) in [7, 11) is 0. The SMILES string of the molecule is CC(=O)N[C@@H]1OC[C@@H](OC(C)=O)[C@@H](OC(C)=O)[C@@H]1F. The summed E-state index contributed by atoms with van der Waals surface area (Å²) in [4.78, 5) is 32.8. The molecule has 1 rings (SSSR count). The Hall–Kier alpha value is -1.70. The van der Waals surface area contributed by atoms with Crippen LogP contribution in [0.2, 0.25) is 0 Å². The molecule has 4 atom stereocenters. The lowest BCUT2D eigenvalue weighted by molar-refractivity contribution is -0.208. The number of ether oxygens (including phenoxy) is 3. The molecule has 19 heavy (non-hydrogen) atoms. The molecule has 0 aliphatic carbocycles. The number of halogens is 1. The molecule has 0 spiro atoms. The molecule has 0 aromatic rings. The highest BCUT2D eigenvalue weighted by Crippen LogP contribution is 2.22. The highest BCUT2D eigenvalue weighted by atomic mass is 19.1. The first kappa shape index (κ1) is 15.4. The first-order valence-corrected chi connectivity index (χ1v) is 5.68. The second kappa shape index (κ2) is 6.46. The van der Waals surface area contributed by atoms with Gasteiger partial charge in [-0.2, -0.15) is 0 Å². The van der Waals surface area contributed by atoms with Crippen LogP contribution in [0.3, 0.4) is 0 Å². The Morgan fingerprint density at radius 2 is 1.74 bits per heavy atom. The van der Waals surface area contributed by atoms with Crippen molar-refractivity contribution in [1.82, 2.24) is 5.32 Å². The van der Waals surface area contributed by atoms with E-state index in [0.29, 0.717) is 0 Å². The van der Waals surface area contributed by atoms with Crippen molar-refractivity contribution in [2.24, 2.45) is 0 Å². The van der Waals surface area contributed by atoms with Gasteiger partial charge in [-0.25, -0.2) is 4.39 Å². The third-order valence-electron chi connectivity index (χ3n) is 2.37. The van der Waals surface area contributed by atoms with Crippen molar-refractivity contribution in [3.63, 3.8) is 0 Å². The lowest BCUT2D eigenvalue weighted by Gasteiger charge is -2.37. The average molecular weight is 277 g/mol. The molecule has 1 aliphatic heterocycles. The number of hydrogen-bond acceptors (Lipinski definition) is 6. The molecule has 1 heterocycles. The second-order valence-electron chi connectivity index (χ2n) is 4.12. The molecule has 8 heteroatoms. The van der Waals surface area contributed by atoms with E-state index in [-0.39, 0.29) is 6.61 Å². The lowest BCUT2D eigenvalue weighted by Crippen LogP contribution is -2.59. The molecular formula is C11H16FNO6. The number of carbonyl (C=O) groups excluding carboxylic acids is 3. The third kappa shape index (κ3) is 4.47. The van der Waals surface area contributed by atoms with Gasteiger partial charge in [0.25, 0.3) is 0 Å². The quantitative estimate of drug-likeness (QED) is 0.711. The number of esters is 2. The summed E-state index contributed by atoms with van der Waals surface area (Å²) < 4.78 is 28.8. The molecule has 1 aliphatic rings. The van der Waals surface area contributed by atoms with E-state index >= 15 is 0 Å². The summed E-state index contributed by atoms with van der Waals surface area (Å²) >= 11 is 0. The largest absolute Gasteiger partial charge is 0.456 e. The fourth-order valence-electron chi connectivity index (χ4n) is 1.73. The van der Waals surface area contributed by atoms with Gasteiger partial charge in [-0.15, -0.1) is 0 Å². The summed E-state index contributed by atoms with van der Waals surface area (Å²) in [6.07, 6.45) is -5.42. The van der Waals surface area contributed by atoms with Crippen LogP contribution in [0.15, 0.2) is 0 Å². The minimum absolute atomic E-state index is 0.178. The third-order valence-corrected chi connectivity index (χ3v) is 2.37. The molecule has 1 saturated heterocycles. The molecular weight excluding hydrogens is 261 g/mol. The molecule has 108 valence electrons. The van der Waals surface area contributed by atoms with Crippen LogP contribution in [0.5, 0.6) is 0 Å². The minimum Gasteiger partial charge on any atom is -0.456 e. The Morgan fingerprint density at radius 1 is 1.16 bits per heavy atom. The standard InChI is InChI=1S/C11H16FNO6/c1-5(14)13-11-9(12)10(19-7(3)16)8(4-17-11)18-6(2)15/h8-11H,4H2,1-3H3,(H,13,14)/t8-,9+,10-,11-/m1/s1. The van der Waals surface area contributed by atoms with Gasteiger partial charge in [0.05, 0.1) is 6.61 Å². The smallest absolute Gasteiger partial charge is 0.303 e. The Bertz CT molecular complexity index is 374. The topological polar surface area (TPSA) is 90.9 Å². The number of carbonyl (C=O) groups is 3. The Labute approximate surface area is 109 Å². The van der Waals surface area contributed by atoms with E-state index in [1.54, 1.807) is 0 Å². The van der Waals surface area contributed by atoms with Crippen LogP contribution in [0.25, 0.3) is 0 Å². The van der Waals surface area contributed by atoms with Gasteiger partial charge in [0, 0.05) is 20.8 Å². The molecule has 1 N–H and O–H groups in total. The van der Waals surface area contributed by atoms with Gasteiger partial charge < -0.3 is 19.5 Å². The van der Waals surface area contributed by atoms with Gasteiger partial charge in [-0.1, -0.05) is 0 Å². The zero-order valence-electron chi connectivity index (χ0n) is 10.8. The maximum atomic E-state index is 14.1. The molecule has 1 fully saturated rings. The normalized spacial score (nSPS) is 30.3. The first-order chi connectivity index (χ1) is 8.81. The average Bonchev–Trinajstić information content (AvgIpc) is 2.26. The highest BCUT2D eigenvalue weighted by molar-refractivity contribution is 5.73. The van der Waals surface area contributed by atoms with Crippen molar-refractivity contribution in [2.45, 2.75) is 45.4 Å². The van der Waals surface area contributed by atoms with Crippen LogP contribution < -0.4 is 5.32 Å². The number of rotatable bonds is 3. The predicted octanol–water partition coefficient (Wildman–Crippen LogP) is -0.320. The molecule has 0 unspecified atom stereocenters. The molecule has 0 saturated carbocycles. The lowest BCUT2D eigenvalue weighted by atomic mass is 10.0. The predicted molar refractivity (Wildman–Crippen MR) is 59.6 cm³/mol. The van der Waals surface area contributed by atoms with Crippen molar-refractivity contribution < 1.29 is 33.0 Å². The van der Waals surface area contributed by atoms with E-state index in [0.717, 1.165) is 13.8 Å². The van der Waals surface area contributed by atoms with E-state index in [9.17, 15) is 18.8 Å². The molecule has 1 amide bonds. The first-order valence-electron chi connectivity index (χ1n) is 5.68. The summed E-state index contributed by atoms with van der Waals surface area (Å²) in [6.45, 7) is 3.29. The van der Waals surface area contributed by atoms with Crippen molar-refractivity contribution in [2.75, 3.05) is 6.61 Å². The van der Waals surface area contributed by atoms with Gasteiger partial charge in [-0.3, -0.25) is 14.4 Å². The Kier molecular flexibility index (Phi) is 5.22. The number of alkyl halides is 1. The molecule has 0 aromatic heterocycles. The van der Waals surface area contributed by atoms with Gasteiger partial charge in [-0.05, 0) is 0 Å². The van der Waals surface area contributed by atoms with Crippen molar-refractivity contribution in [3.8, 4) is 0 Å². The van der Waals surface area contributed by atoms with Crippen LogP contribution in [0, 0.1) is 0 Å². The summed E-state index contributed by atoms with van der Waals surface area (Å²) in [5.41, 5.74) is 0. The van der Waals surface area contributed by atoms with Crippen LogP contribution in [-0.2, 0) is 28.6 Å². The van der Waals surface area contributed by atoms with E-state index in [2.05, 4.69) is 5.32 Å². The van der Waals surface area contributed by atoms with Gasteiger partial charge in [0.2, 0.25) is 5.91 Å². The fraction of sp³-hybridized carbons (Fsp3) is 0.727. The highest BCUT2D eigenvalue weighted by Gasteiger charge is 2.45. The molecule has 0 aromatic carbocycles. The van der Waals surface area contributed by atoms with Crippen molar-refractivity contribution in [3.05, 3.63) is 0 Å². The number of amides is 1. The van der Waals surface area contributed by atoms with Gasteiger partial charge in [0.1, 0.15) is 0 Å². The molecule has 7 nitrogen and oxygen atoms in total. The van der Waals surface area contributed by atoms with E-state index in [1.807, 2.05) is 0 Å². The molecule has 0 bridgehead atoms. The van der Waals surface area contributed by atoms with Crippen LogP contribution >= 0.6 is 0 Å². The van der Waals surface area contributed by atoms with Crippen LogP contribution in [0.4, 0.5) is 4.39 Å². The van der Waals surface area contributed by atoms with Crippen molar-refractivity contribution in [1.29, 1.82) is 0 Å². The van der Waals surface area contributed by atoms with Crippen molar-refractivity contribution >= 4 is 17.8 Å². The number of nitrogens with one attached hydrogen (secondary N) is 1. The maximum absolute atomic E-state index is 14.1. The van der Waals surface area contributed by atoms with Crippen LogP contribution in [0.1, 0.15) is 20.8 Å². The summed E-state index contributed by atoms with van der Waals surface area (Å²) in [5, 5.41) is 2.24. The summed E-state index contributed by atoms with van der Waals surface area (Å²) in [6, 6.07) is 0. The van der Waals surface area contributed by atoms with E-state index < -0.39 is 42.5 Å². The summed E-state index contributed by atoms with van der Waals surface area (Å²) in [5.74, 6) is -1.84. The zero-order valence-corrected chi connectivity index (χ0v) is 10.8. The number of hydrogen-bond donors (Lipinski definition) is 1. The van der Waals surface area contributed by atoms with Gasteiger partial charge in [0.15, 0.2) is 24.6 Å². The monoisotopic (exact) mass is 277 g/mol. The molecule has 0 radical (unpaired) electrons. The van der Waals surface area contributed by atoms with E-state index in [4.69, 9.17) is 14.2 Å².